The van der Waals surface area contributed by atoms with Crippen molar-refractivity contribution in [1.82, 2.24) is 0 Å². The van der Waals surface area contributed by atoms with Crippen LogP contribution in [0.3, 0.4) is 0 Å². The summed E-state index contributed by atoms with van der Waals surface area (Å²) in [5.41, 5.74) is -1.03. The molecule has 0 bridgehead atoms. The van der Waals surface area contributed by atoms with Crippen molar-refractivity contribution < 1.29 is 61.1 Å². The van der Waals surface area contributed by atoms with Crippen LogP contribution in [0.25, 0.3) is 6.08 Å². The van der Waals surface area contributed by atoms with Crippen LogP contribution in [0, 0.1) is 23.3 Å². The summed E-state index contributed by atoms with van der Waals surface area (Å²) in [5, 5.41) is 0. The Morgan fingerprint density at radius 3 is 1.95 bits per heavy atom. The Hall–Kier alpha value is -0.570. The molecule has 108 valence electrons. The van der Waals surface area contributed by atoms with Crippen molar-refractivity contribution in [3.63, 3.8) is 0 Å². The van der Waals surface area contributed by atoms with Gasteiger partial charge in [0.1, 0.15) is 0 Å². The van der Waals surface area contributed by atoms with Crippen LogP contribution in [0.1, 0.15) is 20.3 Å². The van der Waals surface area contributed by atoms with Gasteiger partial charge in [0.25, 0.3) is 0 Å². The largest absolute Gasteiger partial charge is 1.00 e. The van der Waals surface area contributed by atoms with E-state index in [1.54, 1.807) is 0 Å². The molecule has 0 heterocycles. The Morgan fingerprint density at radius 2 is 1.60 bits per heavy atom. The van der Waals surface area contributed by atoms with Gasteiger partial charge >= 0.3 is 39.7 Å². The number of hydrogen-bond donors (Lipinski definition) is 0. The van der Waals surface area contributed by atoms with Gasteiger partial charge in [0.15, 0.2) is 11.6 Å². The van der Waals surface area contributed by atoms with Gasteiger partial charge in [-0.1, -0.05) is 19.6 Å². The fraction of sp³-hybridized carbons (Fsp3) is 0.273. The molecule has 1 rings (SSSR count). The molecule has 0 amide bonds. The molecule has 0 spiro atoms. The monoisotopic (exact) mass is 322 g/mol. The summed E-state index contributed by atoms with van der Waals surface area (Å²) in [6, 6.07) is 0. The Labute approximate surface area is 137 Å². The van der Waals surface area contributed by atoms with Crippen molar-refractivity contribution in [2.75, 3.05) is 5.75 Å². The molecule has 0 saturated carbocycles. The molecular formula is C11H11F4NaO3S. The van der Waals surface area contributed by atoms with E-state index in [9.17, 15) is 26.0 Å². The van der Waals surface area contributed by atoms with Crippen molar-refractivity contribution >= 4 is 16.2 Å². The van der Waals surface area contributed by atoms with Crippen molar-refractivity contribution in [3.05, 3.63) is 35.4 Å². The molecule has 3 nitrogen and oxygen atoms in total. The van der Waals surface area contributed by atoms with Gasteiger partial charge in [-0.2, -0.15) is 17.2 Å². The molecule has 9 heteroatoms. The van der Waals surface area contributed by atoms with Crippen LogP contribution in [0.5, 0.6) is 5.75 Å². The zero-order valence-electron chi connectivity index (χ0n) is 11.8. The summed E-state index contributed by atoms with van der Waals surface area (Å²) in [6.45, 7) is 4.48. The van der Waals surface area contributed by atoms with Crippen molar-refractivity contribution in [2.45, 2.75) is 13.3 Å². The van der Waals surface area contributed by atoms with E-state index in [1.165, 1.54) is 6.92 Å². The van der Waals surface area contributed by atoms with E-state index < -0.39 is 50.5 Å². The van der Waals surface area contributed by atoms with Gasteiger partial charge in [-0.3, -0.25) is 0 Å². The molecule has 0 aliphatic carbocycles. The Morgan fingerprint density at radius 1 is 1.15 bits per heavy atom. The number of rotatable bonds is 5. The number of hydrogen-bond acceptors (Lipinski definition) is 3. The average Bonchev–Trinajstić information content (AvgIpc) is 2.33. The maximum Gasteiger partial charge on any atom is 1.00 e. The SMILES string of the molecule is C=Cc1c(F)c(F)c(OS(=O)(=O)CCC)c(F)c1F.[H-].[Na+]. The molecule has 0 atom stereocenters. The summed E-state index contributed by atoms with van der Waals surface area (Å²) in [4.78, 5) is 0. The van der Waals surface area contributed by atoms with E-state index in [0.717, 1.165) is 0 Å². The van der Waals surface area contributed by atoms with E-state index in [1.807, 2.05) is 0 Å². The first-order chi connectivity index (χ1) is 8.75. The molecule has 1 aromatic rings. The normalized spacial score (nSPS) is 10.8. The van der Waals surface area contributed by atoms with Crippen LogP contribution < -0.4 is 33.7 Å². The first-order valence-corrected chi connectivity index (χ1v) is 6.73. The van der Waals surface area contributed by atoms with E-state index in [-0.39, 0.29) is 37.4 Å². The Kier molecular flexibility index (Phi) is 7.23. The second-order valence-electron chi connectivity index (χ2n) is 3.55. The predicted molar refractivity (Wildman–Crippen MR) is 62.2 cm³/mol. The third kappa shape index (κ3) is 3.97. The molecule has 1 aromatic carbocycles. The third-order valence-corrected chi connectivity index (χ3v) is 3.45. The van der Waals surface area contributed by atoms with Crippen LogP contribution in [0.2, 0.25) is 0 Å². The first kappa shape index (κ1) is 19.4. The summed E-state index contributed by atoms with van der Waals surface area (Å²) < 4.78 is 80.2. The Bertz CT molecular complexity index is 593. The minimum Gasteiger partial charge on any atom is -1.00 e. The average molecular weight is 322 g/mol. The molecule has 0 unspecified atom stereocenters. The first-order valence-electron chi connectivity index (χ1n) is 5.15. The second-order valence-corrected chi connectivity index (χ2v) is 5.24. The van der Waals surface area contributed by atoms with Crippen LogP contribution >= 0.6 is 0 Å². The molecule has 0 aromatic heterocycles. The molecule has 0 aliphatic rings. The predicted octanol–water partition coefficient (Wildman–Crippen LogP) is 0.121. The molecule has 0 aliphatic heterocycles. The molecule has 0 saturated heterocycles. The molecule has 0 radical (unpaired) electrons. The third-order valence-electron chi connectivity index (χ3n) is 2.13. The van der Waals surface area contributed by atoms with Crippen molar-refractivity contribution in [1.29, 1.82) is 0 Å². The topological polar surface area (TPSA) is 43.4 Å². The standard InChI is InChI=1S/C11H10F4O3S.Na.H/c1-3-5-19(16,17)18-11-9(14)7(12)6(4-2)8(13)10(11)15;;/h4H,2-3,5H2,1H3;;/q;+1;-1. The summed E-state index contributed by atoms with van der Waals surface area (Å²) >= 11 is 0. The van der Waals surface area contributed by atoms with E-state index in [2.05, 4.69) is 10.8 Å². The quantitative estimate of drug-likeness (QED) is 0.335. The maximum absolute atomic E-state index is 13.4. The zero-order valence-corrected chi connectivity index (χ0v) is 13.7. The van der Waals surface area contributed by atoms with Crippen LogP contribution in [0.15, 0.2) is 6.58 Å². The van der Waals surface area contributed by atoms with Gasteiger partial charge in [-0.25, -0.2) is 8.78 Å². The number of halogens is 4. The minimum absolute atomic E-state index is 0. The van der Waals surface area contributed by atoms with Gasteiger partial charge < -0.3 is 5.61 Å². The summed E-state index contributed by atoms with van der Waals surface area (Å²) in [6.07, 6.45) is 0.683. The zero-order chi connectivity index (χ0) is 14.8. The number of benzene rings is 1. The van der Waals surface area contributed by atoms with E-state index in [0.29, 0.717) is 6.08 Å². The molecule has 0 fully saturated rings. The van der Waals surface area contributed by atoms with Crippen molar-refractivity contribution in [3.8, 4) is 5.75 Å². The molecule has 20 heavy (non-hydrogen) atoms. The fourth-order valence-corrected chi connectivity index (χ4v) is 2.28. The van der Waals surface area contributed by atoms with E-state index in [4.69, 9.17) is 0 Å². The smallest absolute Gasteiger partial charge is 1.00 e. The maximum atomic E-state index is 13.4. The van der Waals surface area contributed by atoms with Gasteiger partial charge in [0.2, 0.25) is 17.4 Å². The van der Waals surface area contributed by atoms with Crippen LogP contribution in [0.4, 0.5) is 17.6 Å². The van der Waals surface area contributed by atoms with Gasteiger partial charge in [0, 0.05) is 0 Å². The minimum atomic E-state index is -4.32. The Balaban J connectivity index is 0. The van der Waals surface area contributed by atoms with E-state index >= 15 is 0 Å². The van der Waals surface area contributed by atoms with Crippen LogP contribution in [-0.4, -0.2) is 14.2 Å². The summed E-state index contributed by atoms with van der Waals surface area (Å²) in [5.74, 6) is -9.54. The van der Waals surface area contributed by atoms with Gasteiger partial charge in [0.05, 0.1) is 11.3 Å². The van der Waals surface area contributed by atoms with Gasteiger partial charge in [-0.15, -0.1) is 0 Å². The second kappa shape index (κ2) is 7.44. The van der Waals surface area contributed by atoms with Crippen molar-refractivity contribution in [2.24, 2.45) is 0 Å². The van der Waals surface area contributed by atoms with Crippen LogP contribution in [-0.2, 0) is 10.1 Å². The fourth-order valence-electron chi connectivity index (χ4n) is 1.30. The molecule has 0 N–H and O–H groups in total. The van der Waals surface area contributed by atoms with Gasteiger partial charge in [-0.05, 0) is 6.42 Å². The summed E-state index contributed by atoms with van der Waals surface area (Å²) in [7, 11) is -4.32. The molecular weight excluding hydrogens is 311 g/mol.